The van der Waals surface area contributed by atoms with Gasteiger partial charge in [0.15, 0.2) is 5.17 Å². The van der Waals surface area contributed by atoms with Crippen LogP contribution < -0.4 is 0 Å². The summed E-state index contributed by atoms with van der Waals surface area (Å²) >= 11 is 2.91. The van der Waals surface area contributed by atoms with Gasteiger partial charge in [0.1, 0.15) is 4.75 Å². The molecule has 3 aliphatic heterocycles. The molecule has 176 valence electrons. The predicted molar refractivity (Wildman–Crippen MR) is 136 cm³/mol. The first-order valence-corrected chi connectivity index (χ1v) is 13.2. The van der Waals surface area contributed by atoms with E-state index in [1.807, 2.05) is 61.5 Å². The highest BCUT2D eigenvalue weighted by Crippen LogP contribution is 2.61. The number of aryl methyl sites for hydroxylation is 1. The molecule has 1 amide bonds. The number of carbonyl (C=O) groups is 2. The second-order valence-electron chi connectivity index (χ2n) is 8.64. The van der Waals surface area contributed by atoms with Gasteiger partial charge in [0.25, 0.3) is 0 Å². The average molecular weight is 495 g/mol. The highest BCUT2D eigenvalue weighted by Gasteiger charge is 2.66. The van der Waals surface area contributed by atoms with Gasteiger partial charge in [-0.15, -0.1) is 11.8 Å². The smallest absolute Gasteiger partial charge is 0.338 e. The summed E-state index contributed by atoms with van der Waals surface area (Å²) in [5.41, 5.74) is 3.77. The predicted octanol–water partition coefficient (Wildman–Crippen LogP) is 4.41. The highest BCUT2D eigenvalue weighted by molar-refractivity contribution is 8.17. The minimum absolute atomic E-state index is 0.220. The van der Waals surface area contributed by atoms with Crippen LogP contribution in [0.1, 0.15) is 41.8 Å². The molecule has 2 aromatic rings. The van der Waals surface area contributed by atoms with Crippen LogP contribution in [0.15, 0.2) is 70.9 Å². The van der Waals surface area contributed by atoms with Crippen LogP contribution in [0.5, 0.6) is 0 Å². The molecule has 8 heteroatoms. The third-order valence-corrected chi connectivity index (χ3v) is 9.63. The standard InChI is InChI=1S/C26H26N2O4S2/c1-4-32-23(30)20-16(3)27-25-28(21(20)17-12-10-15(2)11-13-17)24(31)26(34-25)19(29)14-33-22(26)18-8-6-5-7-9-18/h5-13,19,21-22,29H,4,14H2,1-3H3. The van der Waals surface area contributed by atoms with E-state index in [0.29, 0.717) is 22.2 Å². The van der Waals surface area contributed by atoms with E-state index in [0.717, 1.165) is 16.7 Å². The first kappa shape index (κ1) is 23.2. The number of amides is 1. The van der Waals surface area contributed by atoms with Crippen LogP contribution in [0, 0.1) is 6.92 Å². The van der Waals surface area contributed by atoms with Gasteiger partial charge in [-0.1, -0.05) is 71.9 Å². The van der Waals surface area contributed by atoms with Crippen molar-refractivity contribution in [2.24, 2.45) is 4.99 Å². The average Bonchev–Trinajstić information content (AvgIpc) is 3.31. The topological polar surface area (TPSA) is 79.2 Å². The van der Waals surface area contributed by atoms with E-state index in [9.17, 15) is 14.7 Å². The number of carbonyl (C=O) groups excluding carboxylic acids is 2. The molecule has 2 aromatic carbocycles. The summed E-state index contributed by atoms with van der Waals surface area (Å²) in [6.07, 6.45) is -0.849. The van der Waals surface area contributed by atoms with Crippen LogP contribution >= 0.6 is 23.5 Å². The zero-order valence-electron chi connectivity index (χ0n) is 19.2. The maximum Gasteiger partial charge on any atom is 0.338 e. The molecule has 0 bridgehead atoms. The van der Waals surface area contributed by atoms with Gasteiger partial charge < -0.3 is 9.84 Å². The monoisotopic (exact) mass is 494 g/mol. The van der Waals surface area contributed by atoms with E-state index in [-0.39, 0.29) is 17.8 Å². The third-order valence-electron chi connectivity index (χ3n) is 6.50. The molecule has 3 heterocycles. The van der Waals surface area contributed by atoms with Crippen molar-refractivity contribution in [2.75, 3.05) is 12.4 Å². The Morgan fingerprint density at radius 1 is 1.15 bits per heavy atom. The van der Waals surface area contributed by atoms with E-state index in [4.69, 9.17) is 9.73 Å². The van der Waals surface area contributed by atoms with Gasteiger partial charge >= 0.3 is 5.97 Å². The zero-order chi connectivity index (χ0) is 24.0. The second kappa shape index (κ2) is 8.91. The summed E-state index contributed by atoms with van der Waals surface area (Å²) in [5, 5.41) is 11.5. The fraction of sp³-hybridized carbons (Fsp3) is 0.346. The van der Waals surface area contributed by atoms with Crippen LogP contribution in [-0.4, -0.2) is 50.3 Å². The molecule has 3 aliphatic rings. The summed E-state index contributed by atoms with van der Waals surface area (Å²) in [6.45, 7) is 5.76. The SMILES string of the molecule is CCOC(=O)C1=C(C)N=C2SC3(C(=O)N2C1c1ccc(C)cc1)C(O)CSC3c1ccccc1. The Labute approximate surface area is 207 Å². The first-order valence-electron chi connectivity index (χ1n) is 11.3. The summed E-state index contributed by atoms with van der Waals surface area (Å²) in [5.74, 6) is -0.248. The minimum Gasteiger partial charge on any atom is -0.463 e. The summed E-state index contributed by atoms with van der Waals surface area (Å²) in [7, 11) is 0. The van der Waals surface area contributed by atoms with Crippen LogP contribution in [0.4, 0.5) is 0 Å². The highest BCUT2D eigenvalue weighted by atomic mass is 32.2. The van der Waals surface area contributed by atoms with Crippen molar-refractivity contribution in [1.82, 2.24) is 4.90 Å². The van der Waals surface area contributed by atoms with Gasteiger partial charge in [-0.2, -0.15) is 0 Å². The van der Waals surface area contributed by atoms with Crippen molar-refractivity contribution in [1.29, 1.82) is 0 Å². The van der Waals surface area contributed by atoms with Crippen LogP contribution in [-0.2, 0) is 14.3 Å². The number of ether oxygens (including phenoxy) is 1. The van der Waals surface area contributed by atoms with Crippen LogP contribution in [0.25, 0.3) is 0 Å². The maximum atomic E-state index is 14.3. The number of amidine groups is 1. The summed E-state index contributed by atoms with van der Waals surface area (Å²) in [4.78, 5) is 33.7. The quantitative estimate of drug-likeness (QED) is 0.635. The number of aliphatic hydroxyl groups is 1. The Kier molecular flexibility index (Phi) is 6.08. The molecule has 34 heavy (non-hydrogen) atoms. The van der Waals surface area contributed by atoms with Crippen molar-refractivity contribution >= 4 is 40.6 Å². The Morgan fingerprint density at radius 3 is 2.53 bits per heavy atom. The fourth-order valence-corrected chi connectivity index (χ4v) is 8.21. The molecule has 1 spiro atoms. The first-order chi connectivity index (χ1) is 16.4. The van der Waals surface area contributed by atoms with Gasteiger partial charge in [-0.3, -0.25) is 9.69 Å². The Morgan fingerprint density at radius 2 is 1.85 bits per heavy atom. The number of hydrogen-bond acceptors (Lipinski definition) is 7. The number of hydrogen-bond donors (Lipinski definition) is 1. The number of nitrogens with zero attached hydrogens (tertiary/aromatic N) is 2. The number of thioether (sulfide) groups is 2. The van der Waals surface area contributed by atoms with Gasteiger partial charge in [0.05, 0.1) is 35.3 Å². The van der Waals surface area contributed by atoms with Gasteiger partial charge in [-0.25, -0.2) is 9.79 Å². The van der Waals surface area contributed by atoms with E-state index in [1.165, 1.54) is 11.8 Å². The molecule has 2 fully saturated rings. The lowest BCUT2D eigenvalue weighted by atomic mass is 9.89. The summed E-state index contributed by atoms with van der Waals surface area (Å²) < 4.78 is 4.26. The summed E-state index contributed by atoms with van der Waals surface area (Å²) in [6, 6.07) is 17.0. The van der Waals surface area contributed by atoms with E-state index in [1.54, 1.807) is 30.5 Å². The number of aliphatic hydroxyl groups excluding tert-OH is 1. The lowest BCUT2D eigenvalue weighted by Gasteiger charge is -2.34. The lowest BCUT2D eigenvalue weighted by Crippen LogP contribution is -2.50. The minimum atomic E-state index is -1.11. The Bertz CT molecular complexity index is 1200. The largest absolute Gasteiger partial charge is 0.463 e. The molecule has 0 aliphatic carbocycles. The molecular formula is C26H26N2O4S2. The molecule has 5 rings (SSSR count). The van der Waals surface area contributed by atoms with E-state index < -0.39 is 22.9 Å². The van der Waals surface area contributed by atoms with Gasteiger partial charge in [0, 0.05) is 5.75 Å². The van der Waals surface area contributed by atoms with Crippen molar-refractivity contribution in [3.63, 3.8) is 0 Å². The normalized spacial score (nSPS) is 28.4. The van der Waals surface area contributed by atoms with E-state index in [2.05, 4.69) is 0 Å². The zero-order valence-corrected chi connectivity index (χ0v) is 20.9. The number of rotatable bonds is 4. The van der Waals surface area contributed by atoms with Crippen LogP contribution in [0.2, 0.25) is 0 Å². The Balaban J connectivity index is 1.65. The van der Waals surface area contributed by atoms with Gasteiger partial charge in [0.2, 0.25) is 5.91 Å². The number of esters is 1. The molecule has 0 saturated carbocycles. The Hall–Kier alpha value is -2.55. The fourth-order valence-electron chi connectivity index (χ4n) is 4.84. The molecule has 4 unspecified atom stereocenters. The molecule has 0 radical (unpaired) electrons. The lowest BCUT2D eigenvalue weighted by molar-refractivity contribution is -0.140. The van der Waals surface area contributed by atoms with Gasteiger partial charge in [-0.05, 0) is 31.9 Å². The van der Waals surface area contributed by atoms with Crippen molar-refractivity contribution in [3.8, 4) is 0 Å². The number of fused-ring (bicyclic) bond motifs is 1. The molecule has 1 N–H and O–H groups in total. The van der Waals surface area contributed by atoms with Crippen molar-refractivity contribution in [3.05, 3.63) is 82.6 Å². The molecule has 6 nitrogen and oxygen atoms in total. The maximum absolute atomic E-state index is 14.3. The molecule has 4 atom stereocenters. The molecule has 0 aromatic heterocycles. The number of aliphatic imine (C=N–C) groups is 1. The molecule has 2 saturated heterocycles. The number of benzene rings is 2. The van der Waals surface area contributed by atoms with Crippen molar-refractivity contribution < 1.29 is 19.4 Å². The molecular weight excluding hydrogens is 468 g/mol. The second-order valence-corrected chi connectivity index (χ2v) is 11.0. The number of allylic oxidation sites excluding steroid dienone is 1. The van der Waals surface area contributed by atoms with E-state index >= 15 is 0 Å². The third kappa shape index (κ3) is 3.51. The van der Waals surface area contributed by atoms with Crippen LogP contribution in [0.3, 0.4) is 0 Å². The van der Waals surface area contributed by atoms with Crippen molar-refractivity contribution in [2.45, 2.75) is 42.9 Å².